The van der Waals surface area contributed by atoms with Crippen molar-refractivity contribution in [3.8, 4) is 12.3 Å². The van der Waals surface area contributed by atoms with Crippen LogP contribution in [0.25, 0.3) is 16.8 Å². The first-order valence-electron chi connectivity index (χ1n) is 7.18. The zero-order chi connectivity index (χ0) is 15.2. The van der Waals surface area contributed by atoms with Crippen molar-refractivity contribution in [3.05, 3.63) is 78.4 Å². The van der Waals surface area contributed by atoms with Crippen LogP contribution >= 0.6 is 0 Å². The fraction of sp³-hybridized carbons (Fsp3) is 0.143. The second-order valence-corrected chi connectivity index (χ2v) is 4.94. The number of allylic oxidation sites excluding steroid dienone is 3. The van der Waals surface area contributed by atoms with Crippen molar-refractivity contribution in [2.24, 2.45) is 0 Å². The van der Waals surface area contributed by atoms with Gasteiger partial charge in [-0.05, 0) is 39.9 Å². The molecule has 0 heterocycles. The Bertz CT molecular complexity index is 738. The van der Waals surface area contributed by atoms with E-state index in [9.17, 15) is 0 Å². The fourth-order valence-corrected chi connectivity index (χ4v) is 2.61. The Morgan fingerprint density at radius 3 is 2.67 bits per heavy atom. The van der Waals surface area contributed by atoms with Crippen LogP contribution < -0.4 is 0 Å². The standard InChI is InChI=1S/C21H20/c1-5-9-10-16(6-2)18-13-14-21-19(15-18)12-11-17(7-3)20(21)8-4/h2,5,8-16H,1,4,7H2,3H3/b10-9+. The molecule has 0 aliphatic heterocycles. The third kappa shape index (κ3) is 2.98. The predicted octanol–water partition coefficient (Wildman–Crippen LogP) is 5.50. The molecule has 0 amide bonds. The molecule has 104 valence electrons. The highest BCUT2D eigenvalue weighted by Gasteiger charge is 2.08. The Labute approximate surface area is 127 Å². The molecule has 0 aliphatic carbocycles. The monoisotopic (exact) mass is 272 g/mol. The molecule has 2 aromatic carbocycles. The van der Waals surface area contributed by atoms with Crippen LogP contribution in [0.2, 0.25) is 0 Å². The van der Waals surface area contributed by atoms with Crippen molar-refractivity contribution in [1.29, 1.82) is 0 Å². The quantitative estimate of drug-likeness (QED) is 0.497. The number of terminal acetylenes is 1. The lowest BCUT2D eigenvalue weighted by Crippen LogP contribution is -1.93. The van der Waals surface area contributed by atoms with Crippen molar-refractivity contribution in [2.75, 3.05) is 0 Å². The number of fused-ring (bicyclic) bond motifs is 1. The van der Waals surface area contributed by atoms with E-state index in [0.717, 1.165) is 12.0 Å². The van der Waals surface area contributed by atoms with E-state index in [0.29, 0.717) is 0 Å². The van der Waals surface area contributed by atoms with Crippen molar-refractivity contribution in [1.82, 2.24) is 0 Å². The molecule has 2 rings (SSSR count). The third-order valence-electron chi connectivity index (χ3n) is 3.74. The average Bonchev–Trinajstić information content (AvgIpc) is 2.54. The summed E-state index contributed by atoms with van der Waals surface area (Å²) in [7, 11) is 0. The molecule has 1 unspecified atom stereocenters. The summed E-state index contributed by atoms with van der Waals surface area (Å²) in [5, 5.41) is 2.43. The molecule has 0 spiro atoms. The SMILES string of the molecule is C#CC(/C=C/C=C)c1ccc2c(C=C)c(CC)ccc2c1. The number of rotatable bonds is 5. The van der Waals surface area contributed by atoms with E-state index in [4.69, 9.17) is 6.42 Å². The third-order valence-corrected chi connectivity index (χ3v) is 3.74. The maximum atomic E-state index is 5.64. The molecule has 0 saturated carbocycles. The van der Waals surface area contributed by atoms with Crippen LogP contribution in [0.15, 0.2) is 61.7 Å². The molecular weight excluding hydrogens is 252 g/mol. The average molecular weight is 272 g/mol. The number of hydrogen-bond donors (Lipinski definition) is 0. The summed E-state index contributed by atoms with van der Waals surface area (Å²) in [6, 6.07) is 10.8. The van der Waals surface area contributed by atoms with Gasteiger partial charge in [0.2, 0.25) is 0 Å². The first-order chi connectivity index (χ1) is 10.2. The first kappa shape index (κ1) is 14.9. The zero-order valence-corrected chi connectivity index (χ0v) is 12.5. The summed E-state index contributed by atoms with van der Waals surface area (Å²) in [6.45, 7) is 9.80. The molecule has 2 aromatic rings. The van der Waals surface area contributed by atoms with Gasteiger partial charge in [0.05, 0.1) is 5.92 Å². The van der Waals surface area contributed by atoms with Crippen molar-refractivity contribution >= 4 is 16.8 Å². The molecule has 1 atom stereocenters. The summed E-state index contributed by atoms with van der Waals surface area (Å²) < 4.78 is 0. The van der Waals surface area contributed by atoms with Gasteiger partial charge >= 0.3 is 0 Å². The molecule has 0 aromatic heterocycles. The lowest BCUT2D eigenvalue weighted by molar-refractivity contribution is 1.13. The minimum Gasteiger partial charge on any atom is -0.119 e. The van der Waals surface area contributed by atoms with Crippen LogP contribution in [-0.2, 0) is 6.42 Å². The van der Waals surface area contributed by atoms with Gasteiger partial charge in [0.1, 0.15) is 0 Å². The molecular formula is C21H20. The normalized spacial score (nSPS) is 12.2. The molecule has 0 fully saturated rings. The summed E-state index contributed by atoms with van der Waals surface area (Å²) in [5.41, 5.74) is 3.67. The van der Waals surface area contributed by atoms with Gasteiger partial charge in [0.15, 0.2) is 0 Å². The highest BCUT2D eigenvalue weighted by Crippen LogP contribution is 2.28. The molecule has 0 heteroatoms. The van der Waals surface area contributed by atoms with Crippen molar-refractivity contribution in [2.45, 2.75) is 19.3 Å². The number of hydrogen-bond acceptors (Lipinski definition) is 0. The highest BCUT2D eigenvalue weighted by atomic mass is 14.1. The first-order valence-corrected chi connectivity index (χ1v) is 7.18. The van der Waals surface area contributed by atoms with Gasteiger partial charge in [-0.1, -0.05) is 74.6 Å². The van der Waals surface area contributed by atoms with Crippen LogP contribution in [0, 0.1) is 12.3 Å². The van der Waals surface area contributed by atoms with Crippen molar-refractivity contribution < 1.29 is 0 Å². The van der Waals surface area contributed by atoms with Crippen LogP contribution in [0.5, 0.6) is 0 Å². The van der Waals surface area contributed by atoms with Crippen LogP contribution in [0.3, 0.4) is 0 Å². The fourth-order valence-electron chi connectivity index (χ4n) is 2.61. The van der Waals surface area contributed by atoms with Crippen LogP contribution in [-0.4, -0.2) is 0 Å². The Morgan fingerprint density at radius 2 is 2.05 bits per heavy atom. The van der Waals surface area contributed by atoms with Crippen LogP contribution in [0.4, 0.5) is 0 Å². The van der Waals surface area contributed by atoms with Gasteiger partial charge in [-0.3, -0.25) is 0 Å². The lowest BCUT2D eigenvalue weighted by atomic mass is 9.92. The van der Waals surface area contributed by atoms with Crippen LogP contribution in [0.1, 0.15) is 29.5 Å². The Hall–Kier alpha value is -2.52. The van der Waals surface area contributed by atoms with Crippen molar-refractivity contribution in [3.63, 3.8) is 0 Å². The molecule has 0 nitrogen and oxygen atoms in total. The largest absolute Gasteiger partial charge is 0.119 e. The smallest absolute Gasteiger partial charge is 0.0633 e. The van der Waals surface area contributed by atoms with Gasteiger partial charge in [0, 0.05) is 0 Å². The minimum atomic E-state index is -0.0227. The molecule has 0 bridgehead atoms. The molecule has 0 radical (unpaired) electrons. The summed E-state index contributed by atoms with van der Waals surface area (Å²) in [6.07, 6.45) is 14.2. The Balaban J connectivity index is 2.58. The zero-order valence-electron chi connectivity index (χ0n) is 12.5. The summed E-state index contributed by atoms with van der Waals surface area (Å²) >= 11 is 0. The van der Waals surface area contributed by atoms with Gasteiger partial charge in [-0.2, -0.15) is 0 Å². The van der Waals surface area contributed by atoms with E-state index >= 15 is 0 Å². The van der Waals surface area contributed by atoms with Gasteiger partial charge in [-0.15, -0.1) is 6.42 Å². The molecule has 0 N–H and O–H groups in total. The Morgan fingerprint density at radius 1 is 1.24 bits per heavy atom. The van der Waals surface area contributed by atoms with Gasteiger partial charge < -0.3 is 0 Å². The molecule has 21 heavy (non-hydrogen) atoms. The Kier molecular flexibility index (Phi) is 4.80. The molecule has 0 aliphatic rings. The summed E-state index contributed by atoms with van der Waals surface area (Å²) in [5.74, 6) is 2.79. The summed E-state index contributed by atoms with van der Waals surface area (Å²) in [4.78, 5) is 0. The molecule has 0 saturated heterocycles. The minimum absolute atomic E-state index is 0.0227. The number of benzene rings is 2. The number of aryl methyl sites for hydroxylation is 1. The maximum Gasteiger partial charge on any atom is 0.0633 e. The highest BCUT2D eigenvalue weighted by molar-refractivity contribution is 5.92. The lowest BCUT2D eigenvalue weighted by Gasteiger charge is -2.12. The second-order valence-electron chi connectivity index (χ2n) is 4.94. The predicted molar refractivity (Wildman–Crippen MR) is 94.3 cm³/mol. The maximum absolute atomic E-state index is 5.64. The van der Waals surface area contributed by atoms with Gasteiger partial charge in [-0.25, -0.2) is 0 Å². The van der Waals surface area contributed by atoms with E-state index in [1.54, 1.807) is 6.08 Å². The van der Waals surface area contributed by atoms with E-state index in [1.165, 1.54) is 21.9 Å². The van der Waals surface area contributed by atoms with Gasteiger partial charge in [0.25, 0.3) is 0 Å². The van der Waals surface area contributed by atoms with E-state index < -0.39 is 0 Å². The van der Waals surface area contributed by atoms with E-state index in [-0.39, 0.29) is 5.92 Å². The topological polar surface area (TPSA) is 0 Å². The van der Waals surface area contributed by atoms with E-state index in [2.05, 4.69) is 56.3 Å². The second kappa shape index (κ2) is 6.77. The van der Waals surface area contributed by atoms with E-state index in [1.807, 2.05) is 18.2 Å².